The Balaban J connectivity index is 1.52. The molecule has 0 amide bonds. The fraction of sp³-hybridized carbons (Fsp3) is 0.600. The molecule has 0 radical (unpaired) electrons. The maximum absolute atomic E-state index is 13.1. The van der Waals surface area contributed by atoms with Crippen molar-refractivity contribution < 1.29 is 13.9 Å². The van der Waals surface area contributed by atoms with Crippen LogP contribution in [0, 0.1) is 5.82 Å². The summed E-state index contributed by atoms with van der Waals surface area (Å²) in [6.07, 6.45) is 3.23. The van der Waals surface area contributed by atoms with Crippen LogP contribution in [0.5, 0.6) is 0 Å². The molecule has 4 heteroatoms. The van der Waals surface area contributed by atoms with Crippen LogP contribution >= 0.6 is 0 Å². The first-order valence-corrected chi connectivity index (χ1v) is 6.97. The van der Waals surface area contributed by atoms with Gasteiger partial charge in [0.1, 0.15) is 5.82 Å². The number of piperidine rings is 1. The highest BCUT2D eigenvalue weighted by Gasteiger charge is 2.41. The van der Waals surface area contributed by atoms with E-state index in [4.69, 9.17) is 9.47 Å². The normalized spacial score (nSPS) is 25.8. The van der Waals surface area contributed by atoms with Crippen molar-refractivity contribution in [1.82, 2.24) is 5.32 Å². The molecule has 1 atom stereocenters. The van der Waals surface area contributed by atoms with Gasteiger partial charge in [-0.3, -0.25) is 0 Å². The molecule has 3 nitrogen and oxygen atoms in total. The van der Waals surface area contributed by atoms with E-state index in [2.05, 4.69) is 5.32 Å². The minimum atomic E-state index is -0.210. The topological polar surface area (TPSA) is 30.5 Å². The van der Waals surface area contributed by atoms with Gasteiger partial charge in [0.25, 0.3) is 0 Å². The lowest BCUT2D eigenvalue weighted by Gasteiger charge is -2.32. The quantitative estimate of drug-likeness (QED) is 0.909. The van der Waals surface area contributed by atoms with Crippen molar-refractivity contribution in [3.8, 4) is 0 Å². The Bertz CT molecular complexity index is 432. The number of ether oxygens (including phenoxy) is 2. The Hall–Kier alpha value is -0.970. The fourth-order valence-corrected chi connectivity index (χ4v) is 2.98. The molecule has 2 aliphatic rings. The minimum Gasteiger partial charge on any atom is -0.372 e. The standard InChI is InChI=1S/C15H20FNO2/c16-13-3-1-2-12(8-13)10-18-14-9-15(19-11-14)4-6-17-7-5-15/h1-3,8,14,17H,4-7,9-11H2. The summed E-state index contributed by atoms with van der Waals surface area (Å²) in [5.41, 5.74) is 0.906. The predicted molar refractivity (Wildman–Crippen MR) is 70.4 cm³/mol. The van der Waals surface area contributed by atoms with Crippen molar-refractivity contribution in [1.29, 1.82) is 0 Å². The first kappa shape index (κ1) is 13.0. The Morgan fingerprint density at radius 2 is 2.21 bits per heavy atom. The van der Waals surface area contributed by atoms with Crippen molar-refractivity contribution in [2.45, 2.75) is 37.6 Å². The van der Waals surface area contributed by atoms with Gasteiger partial charge in [0.05, 0.1) is 24.9 Å². The maximum Gasteiger partial charge on any atom is 0.123 e. The number of benzene rings is 1. The summed E-state index contributed by atoms with van der Waals surface area (Å²) < 4.78 is 24.9. The van der Waals surface area contributed by atoms with E-state index in [1.807, 2.05) is 6.07 Å². The van der Waals surface area contributed by atoms with E-state index >= 15 is 0 Å². The highest BCUT2D eigenvalue weighted by Crippen LogP contribution is 2.35. The summed E-state index contributed by atoms with van der Waals surface area (Å²) in [7, 11) is 0. The molecule has 104 valence electrons. The van der Waals surface area contributed by atoms with Crippen LogP contribution in [-0.2, 0) is 16.1 Å². The van der Waals surface area contributed by atoms with Crippen LogP contribution in [0.2, 0.25) is 0 Å². The molecule has 0 aromatic heterocycles. The number of nitrogens with one attached hydrogen (secondary N) is 1. The molecule has 0 saturated carbocycles. The number of hydrogen-bond donors (Lipinski definition) is 1. The Morgan fingerprint density at radius 1 is 1.37 bits per heavy atom. The molecular weight excluding hydrogens is 245 g/mol. The second-order valence-corrected chi connectivity index (χ2v) is 5.51. The van der Waals surface area contributed by atoms with Gasteiger partial charge in [0, 0.05) is 6.42 Å². The van der Waals surface area contributed by atoms with Crippen LogP contribution in [0.4, 0.5) is 4.39 Å². The fourth-order valence-electron chi connectivity index (χ4n) is 2.98. The minimum absolute atomic E-state index is 0.0256. The van der Waals surface area contributed by atoms with Crippen molar-refractivity contribution >= 4 is 0 Å². The van der Waals surface area contributed by atoms with E-state index in [-0.39, 0.29) is 17.5 Å². The van der Waals surface area contributed by atoms with Crippen LogP contribution in [-0.4, -0.2) is 31.4 Å². The van der Waals surface area contributed by atoms with Crippen LogP contribution in [0.15, 0.2) is 24.3 Å². The Labute approximate surface area is 113 Å². The Morgan fingerprint density at radius 3 is 3.00 bits per heavy atom. The number of rotatable bonds is 3. The lowest BCUT2D eigenvalue weighted by Crippen LogP contribution is -2.41. The molecule has 2 heterocycles. The zero-order chi connectivity index (χ0) is 13.1. The van der Waals surface area contributed by atoms with Gasteiger partial charge >= 0.3 is 0 Å². The van der Waals surface area contributed by atoms with Crippen LogP contribution < -0.4 is 5.32 Å². The molecule has 1 aromatic rings. The van der Waals surface area contributed by atoms with E-state index < -0.39 is 0 Å². The van der Waals surface area contributed by atoms with E-state index in [1.54, 1.807) is 6.07 Å². The van der Waals surface area contributed by atoms with E-state index in [0.29, 0.717) is 13.2 Å². The average Bonchev–Trinajstić information content (AvgIpc) is 2.80. The molecule has 1 N–H and O–H groups in total. The highest BCUT2D eigenvalue weighted by molar-refractivity contribution is 5.15. The largest absolute Gasteiger partial charge is 0.372 e. The van der Waals surface area contributed by atoms with Crippen LogP contribution in [0.1, 0.15) is 24.8 Å². The lowest BCUT2D eigenvalue weighted by atomic mass is 9.89. The summed E-state index contributed by atoms with van der Waals surface area (Å²) >= 11 is 0. The molecule has 1 unspecified atom stereocenters. The van der Waals surface area contributed by atoms with E-state index in [9.17, 15) is 4.39 Å². The molecule has 2 aliphatic heterocycles. The van der Waals surface area contributed by atoms with Crippen molar-refractivity contribution in [2.24, 2.45) is 0 Å². The van der Waals surface area contributed by atoms with Crippen molar-refractivity contribution in [3.63, 3.8) is 0 Å². The zero-order valence-corrected chi connectivity index (χ0v) is 11.0. The summed E-state index contributed by atoms with van der Waals surface area (Å²) in [6, 6.07) is 6.58. The number of halogens is 1. The third-order valence-electron chi connectivity index (χ3n) is 4.06. The maximum atomic E-state index is 13.1. The zero-order valence-electron chi connectivity index (χ0n) is 11.0. The van der Waals surface area contributed by atoms with Gasteiger partial charge in [0.15, 0.2) is 0 Å². The van der Waals surface area contributed by atoms with Crippen molar-refractivity contribution in [2.75, 3.05) is 19.7 Å². The van der Waals surface area contributed by atoms with Gasteiger partial charge in [0.2, 0.25) is 0 Å². The number of hydrogen-bond acceptors (Lipinski definition) is 3. The third-order valence-corrected chi connectivity index (χ3v) is 4.06. The second kappa shape index (κ2) is 5.57. The van der Waals surface area contributed by atoms with E-state index in [1.165, 1.54) is 12.1 Å². The molecule has 1 aromatic carbocycles. The average molecular weight is 265 g/mol. The molecule has 0 aliphatic carbocycles. The lowest BCUT2D eigenvalue weighted by molar-refractivity contribution is -0.0241. The van der Waals surface area contributed by atoms with Gasteiger partial charge in [-0.2, -0.15) is 0 Å². The molecule has 1 spiro atoms. The van der Waals surface area contributed by atoms with Gasteiger partial charge < -0.3 is 14.8 Å². The molecule has 3 rings (SSSR count). The predicted octanol–water partition coefficient (Wildman–Crippen LogP) is 2.25. The molecule has 2 saturated heterocycles. The first-order chi connectivity index (χ1) is 9.26. The molecule has 0 bridgehead atoms. The van der Waals surface area contributed by atoms with Crippen molar-refractivity contribution in [3.05, 3.63) is 35.6 Å². The molecule has 2 fully saturated rings. The molecular formula is C15H20FNO2. The monoisotopic (exact) mass is 265 g/mol. The van der Waals surface area contributed by atoms with E-state index in [0.717, 1.165) is 37.9 Å². The van der Waals surface area contributed by atoms with Crippen LogP contribution in [0.3, 0.4) is 0 Å². The van der Waals surface area contributed by atoms with Gasteiger partial charge in [-0.15, -0.1) is 0 Å². The first-order valence-electron chi connectivity index (χ1n) is 6.97. The third kappa shape index (κ3) is 3.14. The summed E-state index contributed by atoms with van der Waals surface area (Å²) in [6.45, 7) is 3.17. The van der Waals surface area contributed by atoms with Gasteiger partial charge in [-0.25, -0.2) is 4.39 Å². The summed E-state index contributed by atoms with van der Waals surface area (Å²) in [4.78, 5) is 0. The smallest absolute Gasteiger partial charge is 0.123 e. The SMILES string of the molecule is Fc1cccc(COC2COC3(CCNCC3)C2)c1. The summed E-state index contributed by atoms with van der Waals surface area (Å²) in [5, 5.41) is 3.35. The highest BCUT2D eigenvalue weighted by atomic mass is 19.1. The summed E-state index contributed by atoms with van der Waals surface area (Å²) in [5.74, 6) is -0.210. The van der Waals surface area contributed by atoms with Gasteiger partial charge in [-0.1, -0.05) is 12.1 Å². The van der Waals surface area contributed by atoms with Gasteiger partial charge in [-0.05, 0) is 43.6 Å². The Kier molecular flexibility index (Phi) is 3.82. The second-order valence-electron chi connectivity index (χ2n) is 5.51. The van der Waals surface area contributed by atoms with Crippen LogP contribution in [0.25, 0.3) is 0 Å². The molecule has 19 heavy (non-hydrogen) atoms.